The molecule has 2 nitrogen and oxygen atoms in total. The summed E-state index contributed by atoms with van der Waals surface area (Å²) in [5.74, 6) is -0.147. The summed E-state index contributed by atoms with van der Waals surface area (Å²) in [7, 11) is 0. The number of allylic oxidation sites excluding steroid dienone is 2. The number of alkyl halides is 3. The molecule has 2 rings (SSSR count). The van der Waals surface area contributed by atoms with Crippen LogP contribution in [0.3, 0.4) is 0 Å². The standard InChI is InChI=1S/C14H15F3O2/c15-14(16,17)19-12-8-6-11(7-9-12)13(18)10-4-2-1-3-5-10/h1-2,6-10,13,18H,3-5H2. The molecule has 2 atom stereocenters. The van der Waals surface area contributed by atoms with E-state index in [1.165, 1.54) is 24.3 Å². The van der Waals surface area contributed by atoms with Crippen molar-refractivity contribution in [3.05, 3.63) is 42.0 Å². The number of halogens is 3. The minimum absolute atomic E-state index is 0.124. The van der Waals surface area contributed by atoms with Crippen molar-refractivity contribution in [2.75, 3.05) is 0 Å². The highest BCUT2D eigenvalue weighted by molar-refractivity contribution is 5.29. The zero-order chi connectivity index (χ0) is 13.9. The molecule has 19 heavy (non-hydrogen) atoms. The number of aliphatic hydroxyl groups is 1. The maximum absolute atomic E-state index is 12.0. The molecule has 0 aliphatic heterocycles. The van der Waals surface area contributed by atoms with E-state index in [4.69, 9.17) is 0 Å². The molecule has 5 heteroatoms. The predicted octanol–water partition coefficient (Wildman–Crippen LogP) is 3.97. The average Bonchev–Trinajstić information content (AvgIpc) is 2.38. The third-order valence-corrected chi connectivity index (χ3v) is 3.21. The SMILES string of the molecule is OC(c1ccc(OC(F)(F)F)cc1)C1CC=CCC1. The van der Waals surface area contributed by atoms with E-state index in [0.717, 1.165) is 19.3 Å². The van der Waals surface area contributed by atoms with Gasteiger partial charge in [-0.2, -0.15) is 0 Å². The topological polar surface area (TPSA) is 29.5 Å². The van der Waals surface area contributed by atoms with Crippen LogP contribution in [0.4, 0.5) is 13.2 Å². The lowest BCUT2D eigenvalue weighted by Crippen LogP contribution is -2.17. The van der Waals surface area contributed by atoms with Crippen LogP contribution >= 0.6 is 0 Å². The highest BCUT2D eigenvalue weighted by Gasteiger charge is 2.31. The Morgan fingerprint density at radius 3 is 2.37 bits per heavy atom. The maximum atomic E-state index is 12.0. The molecule has 0 aromatic heterocycles. The molecule has 0 amide bonds. The minimum Gasteiger partial charge on any atom is -0.406 e. The molecule has 0 bridgehead atoms. The van der Waals surface area contributed by atoms with Crippen LogP contribution in [0.1, 0.15) is 30.9 Å². The van der Waals surface area contributed by atoms with Crippen LogP contribution in [-0.4, -0.2) is 11.5 Å². The fraction of sp³-hybridized carbons (Fsp3) is 0.429. The van der Waals surface area contributed by atoms with Gasteiger partial charge in [0.1, 0.15) is 5.75 Å². The molecule has 1 aromatic rings. The molecule has 1 aliphatic rings. The van der Waals surface area contributed by atoms with Crippen LogP contribution in [0.15, 0.2) is 36.4 Å². The Bertz CT molecular complexity index is 437. The summed E-state index contributed by atoms with van der Waals surface area (Å²) >= 11 is 0. The minimum atomic E-state index is -4.69. The van der Waals surface area contributed by atoms with Crippen LogP contribution in [0, 0.1) is 5.92 Å². The predicted molar refractivity (Wildman–Crippen MR) is 64.6 cm³/mol. The van der Waals surface area contributed by atoms with Gasteiger partial charge in [-0.15, -0.1) is 13.2 Å². The second-order valence-corrected chi connectivity index (χ2v) is 4.61. The number of benzene rings is 1. The van der Waals surface area contributed by atoms with Crippen LogP contribution in [-0.2, 0) is 0 Å². The molecule has 0 spiro atoms. The Hall–Kier alpha value is -1.49. The van der Waals surface area contributed by atoms with Crippen LogP contribution in [0.5, 0.6) is 5.75 Å². The first-order chi connectivity index (χ1) is 8.96. The molecule has 0 saturated carbocycles. The van der Waals surface area contributed by atoms with Crippen LogP contribution in [0.2, 0.25) is 0 Å². The normalized spacial score (nSPS) is 21.2. The molecule has 2 unspecified atom stereocenters. The summed E-state index contributed by atoms with van der Waals surface area (Å²) in [5.41, 5.74) is 0.620. The Labute approximate surface area is 109 Å². The number of hydrogen-bond acceptors (Lipinski definition) is 2. The van der Waals surface area contributed by atoms with Crippen molar-refractivity contribution < 1.29 is 23.0 Å². The Morgan fingerprint density at radius 1 is 1.16 bits per heavy atom. The van der Waals surface area contributed by atoms with E-state index < -0.39 is 12.5 Å². The second-order valence-electron chi connectivity index (χ2n) is 4.61. The Balaban J connectivity index is 2.03. The summed E-state index contributed by atoms with van der Waals surface area (Å²) < 4.78 is 39.8. The molecule has 0 heterocycles. The number of rotatable bonds is 3. The van der Waals surface area contributed by atoms with Gasteiger partial charge in [-0.25, -0.2) is 0 Å². The molecular weight excluding hydrogens is 257 g/mol. The van der Waals surface area contributed by atoms with Gasteiger partial charge >= 0.3 is 6.36 Å². The van der Waals surface area contributed by atoms with E-state index in [0.29, 0.717) is 5.56 Å². The maximum Gasteiger partial charge on any atom is 0.573 e. The average molecular weight is 272 g/mol. The van der Waals surface area contributed by atoms with Gasteiger partial charge in [0.2, 0.25) is 0 Å². The summed E-state index contributed by atoms with van der Waals surface area (Å²) in [6.07, 6.45) is 1.37. The highest BCUT2D eigenvalue weighted by atomic mass is 19.4. The van der Waals surface area contributed by atoms with Crippen molar-refractivity contribution in [1.29, 1.82) is 0 Å². The summed E-state index contributed by atoms with van der Waals surface area (Å²) in [6, 6.07) is 5.41. The van der Waals surface area contributed by atoms with Crippen LogP contribution < -0.4 is 4.74 Å². The Morgan fingerprint density at radius 2 is 1.84 bits per heavy atom. The third kappa shape index (κ3) is 3.99. The molecule has 1 aliphatic carbocycles. The van der Waals surface area contributed by atoms with E-state index in [-0.39, 0.29) is 11.7 Å². The second kappa shape index (κ2) is 5.65. The van der Waals surface area contributed by atoms with Crippen molar-refractivity contribution in [2.24, 2.45) is 5.92 Å². The molecule has 1 N–H and O–H groups in total. The summed E-state index contributed by atoms with van der Waals surface area (Å²) in [4.78, 5) is 0. The lowest BCUT2D eigenvalue weighted by Gasteiger charge is -2.24. The number of hydrogen-bond donors (Lipinski definition) is 1. The van der Waals surface area contributed by atoms with Crippen molar-refractivity contribution in [3.63, 3.8) is 0 Å². The zero-order valence-electron chi connectivity index (χ0n) is 10.2. The van der Waals surface area contributed by atoms with Gasteiger partial charge in [0.05, 0.1) is 6.10 Å². The van der Waals surface area contributed by atoms with Gasteiger partial charge < -0.3 is 9.84 Å². The van der Waals surface area contributed by atoms with Gasteiger partial charge in [0.25, 0.3) is 0 Å². The van der Waals surface area contributed by atoms with Gasteiger partial charge in [-0.3, -0.25) is 0 Å². The monoisotopic (exact) mass is 272 g/mol. The van der Waals surface area contributed by atoms with E-state index in [1.54, 1.807) is 0 Å². The molecule has 104 valence electrons. The molecular formula is C14H15F3O2. The lowest BCUT2D eigenvalue weighted by molar-refractivity contribution is -0.274. The van der Waals surface area contributed by atoms with Crippen molar-refractivity contribution >= 4 is 0 Å². The Kier molecular flexibility index (Phi) is 4.14. The van der Waals surface area contributed by atoms with Gasteiger partial charge in [-0.05, 0) is 42.9 Å². The fourth-order valence-corrected chi connectivity index (χ4v) is 2.24. The molecule has 0 saturated heterocycles. The van der Waals surface area contributed by atoms with Crippen molar-refractivity contribution in [2.45, 2.75) is 31.7 Å². The lowest BCUT2D eigenvalue weighted by atomic mass is 9.86. The molecule has 0 radical (unpaired) electrons. The molecule has 0 fully saturated rings. The largest absolute Gasteiger partial charge is 0.573 e. The van der Waals surface area contributed by atoms with Crippen molar-refractivity contribution in [3.8, 4) is 5.75 Å². The van der Waals surface area contributed by atoms with Gasteiger partial charge in [0, 0.05) is 0 Å². The summed E-state index contributed by atoms with van der Waals surface area (Å²) in [6.45, 7) is 0. The number of ether oxygens (including phenoxy) is 1. The smallest absolute Gasteiger partial charge is 0.406 e. The van der Waals surface area contributed by atoms with Gasteiger partial charge in [0.15, 0.2) is 0 Å². The van der Waals surface area contributed by atoms with E-state index >= 15 is 0 Å². The molecule has 1 aromatic carbocycles. The third-order valence-electron chi connectivity index (χ3n) is 3.21. The zero-order valence-corrected chi connectivity index (χ0v) is 10.2. The van der Waals surface area contributed by atoms with E-state index in [9.17, 15) is 18.3 Å². The first-order valence-electron chi connectivity index (χ1n) is 6.14. The number of aliphatic hydroxyl groups excluding tert-OH is 1. The van der Waals surface area contributed by atoms with Crippen molar-refractivity contribution in [1.82, 2.24) is 0 Å². The first kappa shape index (κ1) is 13.9. The van der Waals surface area contributed by atoms with Gasteiger partial charge in [-0.1, -0.05) is 24.3 Å². The highest BCUT2D eigenvalue weighted by Crippen LogP contribution is 2.32. The van der Waals surface area contributed by atoms with E-state index in [2.05, 4.69) is 10.8 Å². The van der Waals surface area contributed by atoms with E-state index in [1.807, 2.05) is 6.08 Å². The summed E-state index contributed by atoms with van der Waals surface area (Å²) in [5, 5.41) is 10.2. The quantitative estimate of drug-likeness (QED) is 0.843. The van der Waals surface area contributed by atoms with Crippen LogP contribution in [0.25, 0.3) is 0 Å². The fourth-order valence-electron chi connectivity index (χ4n) is 2.24. The first-order valence-corrected chi connectivity index (χ1v) is 6.14.